The van der Waals surface area contributed by atoms with Gasteiger partial charge in [-0.15, -0.1) is 0 Å². The Hall–Kier alpha value is -0.860. The molecule has 0 aromatic heterocycles. The van der Waals surface area contributed by atoms with Crippen LogP contribution in [0.1, 0.15) is 26.2 Å². The van der Waals surface area contributed by atoms with Gasteiger partial charge in [-0.3, -0.25) is 0 Å². The van der Waals surface area contributed by atoms with Crippen molar-refractivity contribution >= 4 is 25.8 Å². The van der Waals surface area contributed by atoms with Gasteiger partial charge in [0.05, 0.1) is 22.1 Å². The summed E-state index contributed by atoms with van der Waals surface area (Å²) in [6, 6.07) is 9.00. The molecule has 19 heavy (non-hydrogen) atoms. The third-order valence-electron chi connectivity index (χ3n) is 3.76. The third-order valence-corrected chi connectivity index (χ3v) is 7.00. The van der Waals surface area contributed by atoms with E-state index in [1.165, 1.54) is 0 Å². The Balaban J connectivity index is 2.44. The molecule has 0 spiro atoms. The number of halogens is 1. The Labute approximate surface area is 122 Å². The number of nitriles is 1. The van der Waals surface area contributed by atoms with Crippen molar-refractivity contribution in [3.63, 3.8) is 0 Å². The maximum absolute atomic E-state index is 12.7. The van der Waals surface area contributed by atoms with E-state index < -0.39 is 21.0 Å². The standard InChI is InChI=1S/C14H16BrNO2S/c1-10-6-7-11(9-16)14(8-10)19(17,18)13-5-3-2-4-12(13)15/h2-5,10-11,14H,6-8H2,1H3. The minimum absolute atomic E-state index is 0.300. The average Bonchev–Trinajstić information content (AvgIpc) is 2.39. The van der Waals surface area contributed by atoms with Gasteiger partial charge in [-0.2, -0.15) is 5.26 Å². The maximum atomic E-state index is 12.7. The highest BCUT2D eigenvalue weighted by atomic mass is 79.9. The zero-order valence-corrected chi connectivity index (χ0v) is 13.1. The van der Waals surface area contributed by atoms with Crippen LogP contribution in [-0.2, 0) is 9.84 Å². The molecule has 5 heteroatoms. The van der Waals surface area contributed by atoms with Gasteiger partial charge in [-0.25, -0.2) is 8.42 Å². The van der Waals surface area contributed by atoms with Crippen LogP contribution in [0, 0.1) is 23.2 Å². The molecule has 1 saturated carbocycles. The van der Waals surface area contributed by atoms with Gasteiger partial charge in [0.25, 0.3) is 0 Å². The van der Waals surface area contributed by atoms with Crippen molar-refractivity contribution in [1.82, 2.24) is 0 Å². The smallest absolute Gasteiger partial charge is 0.183 e. The molecule has 0 saturated heterocycles. The lowest BCUT2D eigenvalue weighted by Crippen LogP contribution is -2.35. The number of rotatable bonds is 2. The first kappa shape index (κ1) is 14.5. The summed E-state index contributed by atoms with van der Waals surface area (Å²) >= 11 is 3.29. The second kappa shape index (κ2) is 5.64. The zero-order valence-electron chi connectivity index (χ0n) is 10.7. The van der Waals surface area contributed by atoms with Crippen LogP contribution in [0.15, 0.2) is 33.6 Å². The summed E-state index contributed by atoms with van der Waals surface area (Å²) in [7, 11) is -3.46. The summed E-state index contributed by atoms with van der Waals surface area (Å²) in [4.78, 5) is 0.300. The van der Waals surface area contributed by atoms with Gasteiger partial charge in [0.2, 0.25) is 0 Å². The fraction of sp³-hybridized carbons (Fsp3) is 0.500. The zero-order chi connectivity index (χ0) is 14.0. The second-order valence-corrected chi connectivity index (χ2v) is 8.16. The summed E-state index contributed by atoms with van der Waals surface area (Å²) in [6.45, 7) is 2.05. The van der Waals surface area contributed by atoms with Crippen molar-refractivity contribution in [1.29, 1.82) is 5.26 Å². The fourth-order valence-corrected chi connectivity index (χ4v) is 5.77. The van der Waals surface area contributed by atoms with E-state index in [2.05, 4.69) is 28.9 Å². The van der Waals surface area contributed by atoms with E-state index in [0.717, 1.165) is 6.42 Å². The number of hydrogen-bond acceptors (Lipinski definition) is 3. The monoisotopic (exact) mass is 341 g/mol. The van der Waals surface area contributed by atoms with Crippen LogP contribution in [0.4, 0.5) is 0 Å². The van der Waals surface area contributed by atoms with Gasteiger partial charge in [-0.05, 0) is 53.2 Å². The van der Waals surface area contributed by atoms with Crippen molar-refractivity contribution in [2.75, 3.05) is 0 Å². The number of sulfone groups is 1. The van der Waals surface area contributed by atoms with Crippen molar-refractivity contribution < 1.29 is 8.42 Å². The van der Waals surface area contributed by atoms with Gasteiger partial charge >= 0.3 is 0 Å². The van der Waals surface area contributed by atoms with E-state index in [1.807, 2.05) is 0 Å². The molecule has 1 fully saturated rings. The molecule has 1 aromatic rings. The lowest BCUT2D eigenvalue weighted by atomic mass is 9.83. The summed E-state index contributed by atoms with van der Waals surface area (Å²) in [5.74, 6) is -0.0415. The molecule has 1 aliphatic carbocycles. The highest BCUT2D eigenvalue weighted by Gasteiger charge is 2.39. The molecule has 0 amide bonds. The van der Waals surface area contributed by atoms with E-state index in [1.54, 1.807) is 24.3 Å². The number of hydrogen-bond donors (Lipinski definition) is 0. The molecule has 3 atom stereocenters. The molecule has 1 aromatic carbocycles. The molecule has 102 valence electrons. The quantitative estimate of drug-likeness (QED) is 0.826. The first-order chi connectivity index (χ1) is 8.96. The number of nitrogens with zero attached hydrogens (tertiary/aromatic N) is 1. The first-order valence-corrected chi connectivity index (χ1v) is 8.68. The minimum atomic E-state index is -3.46. The predicted molar refractivity (Wildman–Crippen MR) is 77.2 cm³/mol. The summed E-state index contributed by atoms with van der Waals surface area (Å²) in [5, 5.41) is 8.62. The molecule has 0 heterocycles. The molecule has 3 nitrogen and oxygen atoms in total. The van der Waals surface area contributed by atoms with Crippen molar-refractivity contribution in [3.8, 4) is 6.07 Å². The molecular weight excluding hydrogens is 326 g/mol. The first-order valence-electron chi connectivity index (χ1n) is 6.35. The predicted octanol–water partition coefficient (Wildman–Crippen LogP) is 3.55. The third kappa shape index (κ3) is 2.85. The number of benzene rings is 1. The Morgan fingerprint density at radius 1 is 1.32 bits per heavy atom. The second-order valence-electron chi connectivity index (χ2n) is 5.17. The van der Waals surface area contributed by atoms with Gasteiger partial charge < -0.3 is 0 Å². The van der Waals surface area contributed by atoms with E-state index >= 15 is 0 Å². The van der Waals surface area contributed by atoms with Crippen LogP contribution >= 0.6 is 15.9 Å². The largest absolute Gasteiger partial charge is 0.223 e. The Kier molecular flexibility index (Phi) is 4.32. The fourth-order valence-electron chi connectivity index (χ4n) is 2.66. The highest BCUT2D eigenvalue weighted by Crippen LogP contribution is 2.37. The molecule has 2 rings (SSSR count). The highest BCUT2D eigenvalue weighted by molar-refractivity contribution is 9.10. The van der Waals surface area contributed by atoms with Crippen LogP contribution in [-0.4, -0.2) is 13.7 Å². The van der Waals surface area contributed by atoms with Gasteiger partial charge in [-0.1, -0.05) is 19.1 Å². The van der Waals surface area contributed by atoms with Gasteiger partial charge in [0, 0.05) is 4.47 Å². The maximum Gasteiger partial charge on any atom is 0.183 e. The van der Waals surface area contributed by atoms with Crippen LogP contribution in [0.25, 0.3) is 0 Å². The molecule has 0 bridgehead atoms. The van der Waals surface area contributed by atoms with Crippen LogP contribution < -0.4 is 0 Å². The Morgan fingerprint density at radius 3 is 2.63 bits per heavy atom. The SMILES string of the molecule is CC1CCC(C#N)C(S(=O)(=O)c2ccccc2Br)C1. The van der Waals surface area contributed by atoms with E-state index in [0.29, 0.717) is 28.1 Å². The molecule has 3 unspecified atom stereocenters. The lowest BCUT2D eigenvalue weighted by molar-refractivity contribution is 0.334. The molecule has 1 aliphatic rings. The normalized spacial score (nSPS) is 27.7. The van der Waals surface area contributed by atoms with E-state index in [9.17, 15) is 13.7 Å². The summed E-state index contributed by atoms with van der Waals surface area (Å²) in [6.07, 6.45) is 2.17. The Bertz CT molecular complexity index is 606. The summed E-state index contributed by atoms with van der Waals surface area (Å²) < 4.78 is 26.1. The molecule has 0 aliphatic heterocycles. The summed E-state index contributed by atoms with van der Waals surface area (Å²) in [5.41, 5.74) is 0. The van der Waals surface area contributed by atoms with E-state index in [4.69, 9.17) is 0 Å². The van der Waals surface area contributed by atoms with Gasteiger partial charge in [0.1, 0.15) is 0 Å². The lowest BCUT2D eigenvalue weighted by Gasteiger charge is -2.30. The van der Waals surface area contributed by atoms with Crippen molar-refractivity contribution in [2.24, 2.45) is 11.8 Å². The molecular formula is C14H16BrNO2S. The van der Waals surface area contributed by atoms with Crippen LogP contribution in [0.5, 0.6) is 0 Å². The molecule has 0 N–H and O–H groups in total. The Morgan fingerprint density at radius 2 is 2.00 bits per heavy atom. The van der Waals surface area contributed by atoms with Crippen LogP contribution in [0.3, 0.4) is 0 Å². The van der Waals surface area contributed by atoms with Crippen molar-refractivity contribution in [3.05, 3.63) is 28.7 Å². The van der Waals surface area contributed by atoms with Crippen molar-refractivity contribution in [2.45, 2.75) is 36.3 Å². The molecule has 0 radical (unpaired) electrons. The topological polar surface area (TPSA) is 57.9 Å². The van der Waals surface area contributed by atoms with E-state index in [-0.39, 0.29) is 0 Å². The van der Waals surface area contributed by atoms with Crippen LogP contribution in [0.2, 0.25) is 0 Å². The van der Waals surface area contributed by atoms with Gasteiger partial charge in [0.15, 0.2) is 9.84 Å². The average molecular weight is 342 g/mol. The minimum Gasteiger partial charge on any atom is -0.223 e.